The summed E-state index contributed by atoms with van der Waals surface area (Å²) in [6.45, 7) is 5.74. The Hall–Kier alpha value is -2.25. The molecular weight excluding hydrogens is 234 g/mol. The number of aromatic amines is 2. The minimum absolute atomic E-state index is 0.130. The quantitative estimate of drug-likeness (QED) is 0.732. The molecule has 0 aliphatic rings. The molecule has 0 aliphatic heterocycles. The number of amides is 1. The molecule has 0 saturated carbocycles. The molecule has 0 saturated heterocycles. The van der Waals surface area contributed by atoms with Gasteiger partial charge in [-0.1, -0.05) is 13.8 Å². The Morgan fingerprint density at radius 3 is 2.61 bits per heavy atom. The van der Waals surface area contributed by atoms with Crippen LogP contribution in [0.25, 0.3) is 0 Å². The van der Waals surface area contributed by atoms with E-state index in [1.807, 2.05) is 13.8 Å². The second kappa shape index (κ2) is 4.94. The first-order valence-corrected chi connectivity index (χ1v) is 5.66. The maximum Gasteiger partial charge on any atom is 0.291 e. The van der Waals surface area contributed by atoms with E-state index >= 15 is 0 Å². The van der Waals surface area contributed by atoms with Crippen LogP contribution < -0.4 is 5.32 Å². The fraction of sp³-hybridized carbons (Fsp3) is 0.500. The fourth-order valence-corrected chi connectivity index (χ4v) is 1.39. The predicted octanol–water partition coefficient (Wildman–Crippen LogP) is 0.537. The third kappa shape index (κ3) is 2.53. The van der Waals surface area contributed by atoms with Gasteiger partial charge < -0.3 is 5.32 Å². The molecule has 0 radical (unpaired) electrons. The van der Waals surface area contributed by atoms with Gasteiger partial charge in [0.1, 0.15) is 18.0 Å². The number of hydrogen-bond acceptors (Lipinski definition) is 5. The van der Waals surface area contributed by atoms with Crippen LogP contribution in [0.15, 0.2) is 6.33 Å². The normalized spacial score (nSPS) is 12.7. The van der Waals surface area contributed by atoms with Crippen molar-refractivity contribution in [1.82, 2.24) is 35.7 Å². The predicted molar refractivity (Wildman–Crippen MR) is 62.7 cm³/mol. The molecule has 0 fully saturated rings. The number of carbonyl (C=O) groups excluding carboxylic acids is 1. The number of rotatable bonds is 4. The maximum absolute atomic E-state index is 11.9. The summed E-state index contributed by atoms with van der Waals surface area (Å²) in [5.41, 5.74) is 0. The highest BCUT2D eigenvalue weighted by Gasteiger charge is 2.17. The molecule has 2 aromatic heterocycles. The van der Waals surface area contributed by atoms with Gasteiger partial charge in [-0.25, -0.2) is 9.97 Å². The van der Waals surface area contributed by atoms with E-state index in [0.29, 0.717) is 11.6 Å². The Morgan fingerprint density at radius 1 is 1.28 bits per heavy atom. The van der Waals surface area contributed by atoms with Gasteiger partial charge in [-0.3, -0.25) is 15.0 Å². The van der Waals surface area contributed by atoms with Gasteiger partial charge >= 0.3 is 0 Å². The summed E-state index contributed by atoms with van der Waals surface area (Å²) in [6, 6.07) is -0.277. The van der Waals surface area contributed by atoms with Crippen LogP contribution in [-0.2, 0) is 0 Å². The lowest BCUT2D eigenvalue weighted by molar-refractivity contribution is 0.0928. The van der Waals surface area contributed by atoms with Gasteiger partial charge in [-0.2, -0.15) is 5.10 Å². The van der Waals surface area contributed by atoms with Gasteiger partial charge in [0.15, 0.2) is 0 Å². The molecule has 2 heterocycles. The Kier molecular flexibility index (Phi) is 3.35. The molecule has 1 unspecified atom stereocenters. The molecule has 18 heavy (non-hydrogen) atoms. The van der Waals surface area contributed by atoms with Gasteiger partial charge in [0.25, 0.3) is 5.91 Å². The van der Waals surface area contributed by atoms with Crippen LogP contribution in [-0.4, -0.2) is 36.3 Å². The topological polar surface area (TPSA) is 112 Å². The van der Waals surface area contributed by atoms with Crippen LogP contribution in [0.4, 0.5) is 0 Å². The number of nitrogens with one attached hydrogen (secondary N) is 3. The Morgan fingerprint density at radius 2 is 2.06 bits per heavy atom. The van der Waals surface area contributed by atoms with E-state index < -0.39 is 0 Å². The number of carbonyl (C=O) groups is 1. The van der Waals surface area contributed by atoms with Gasteiger partial charge in [0, 0.05) is 5.92 Å². The molecule has 8 heteroatoms. The number of nitrogens with zero attached hydrogens (tertiary/aromatic N) is 4. The summed E-state index contributed by atoms with van der Waals surface area (Å²) in [4.78, 5) is 20.0. The van der Waals surface area contributed by atoms with Crippen molar-refractivity contribution in [2.75, 3.05) is 0 Å². The van der Waals surface area contributed by atoms with Crippen molar-refractivity contribution in [1.29, 1.82) is 0 Å². The highest BCUT2D eigenvalue weighted by Crippen LogP contribution is 2.09. The molecule has 3 N–H and O–H groups in total. The fourth-order valence-electron chi connectivity index (χ4n) is 1.39. The second-order valence-electron chi connectivity index (χ2n) is 4.26. The lowest BCUT2D eigenvalue weighted by Gasteiger charge is -2.08. The van der Waals surface area contributed by atoms with Gasteiger partial charge in [0.2, 0.25) is 5.82 Å². The first-order chi connectivity index (χ1) is 8.58. The molecule has 0 aromatic carbocycles. The van der Waals surface area contributed by atoms with Crippen molar-refractivity contribution in [3.63, 3.8) is 0 Å². The third-order valence-corrected chi connectivity index (χ3v) is 2.44. The van der Waals surface area contributed by atoms with Crippen LogP contribution in [0.1, 0.15) is 55.0 Å². The van der Waals surface area contributed by atoms with E-state index in [1.54, 1.807) is 6.92 Å². The zero-order chi connectivity index (χ0) is 13.1. The van der Waals surface area contributed by atoms with Crippen LogP contribution in [0.3, 0.4) is 0 Å². The molecule has 8 nitrogen and oxygen atoms in total. The molecule has 1 atom stereocenters. The lowest BCUT2D eigenvalue weighted by Crippen LogP contribution is -2.28. The molecule has 96 valence electrons. The van der Waals surface area contributed by atoms with Crippen molar-refractivity contribution in [3.8, 4) is 0 Å². The molecular formula is C10H15N7O. The van der Waals surface area contributed by atoms with Crippen molar-refractivity contribution < 1.29 is 4.79 Å². The largest absolute Gasteiger partial charge is 0.340 e. The minimum Gasteiger partial charge on any atom is -0.340 e. The van der Waals surface area contributed by atoms with E-state index in [-0.39, 0.29) is 23.7 Å². The van der Waals surface area contributed by atoms with Gasteiger partial charge in [0.05, 0.1) is 6.04 Å². The first kappa shape index (κ1) is 12.2. The summed E-state index contributed by atoms with van der Waals surface area (Å²) in [7, 11) is 0. The van der Waals surface area contributed by atoms with Crippen molar-refractivity contribution in [3.05, 3.63) is 23.8 Å². The van der Waals surface area contributed by atoms with Crippen molar-refractivity contribution >= 4 is 5.91 Å². The van der Waals surface area contributed by atoms with Crippen molar-refractivity contribution in [2.45, 2.75) is 32.7 Å². The number of hydrogen-bond donors (Lipinski definition) is 3. The minimum atomic E-state index is -0.345. The zero-order valence-corrected chi connectivity index (χ0v) is 10.4. The summed E-state index contributed by atoms with van der Waals surface area (Å²) in [5.74, 6) is 1.26. The SMILES string of the molecule is CC(C)c1nc(C(=O)NC(C)c2ncn[nH]2)n[nH]1. The summed E-state index contributed by atoms with van der Waals surface area (Å²) in [6.07, 6.45) is 1.39. The molecule has 0 aliphatic carbocycles. The van der Waals surface area contributed by atoms with Gasteiger partial charge in [-0.05, 0) is 6.92 Å². The highest BCUT2D eigenvalue weighted by molar-refractivity contribution is 5.90. The van der Waals surface area contributed by atoms with E-state index in [1.165, 1.54) is 6.33 Å². The Labute approximate surface area is 104 Å². The Balaban J connectivity index is 2.03. The lowest BCUT2D eigenvalue weighted by atomic mass is 10.2. The smallest absolute Gasteiger partial charge is 0.291 e. The van der Waals surface area contributed by atoms with E-state index in [2.05, 4.69) is 35.7 Å². The Bertz CT molecular complexity index is 516. The van der Waals surface area contributed by atoms with Crippen LogP contribution in [0, 0.1) is 0 Å². The van der Waals surface area contributed by atoms with Crippen molar-refractivity contribution in [2.24, 2.45) is 0 Å². The average molecular weight is 249 g/mol. The monoisotopic (exact) mass is 249 g/mol. The zero-order valence-electron chi connectivity index (χ0n) is 10.4. The van der Waals surface area contributed by atoms with E-state index in [0.717, 1.165) is 0 Å². The van der Waals surface area contributed by atoms with Crippen LogP contribution in [0.2, 0.25) is 0 Å². The van der Waals surface area contributed by atoms with Crippen LogP contribution in [0.5, 0.6) is 0 Å². The molecule has 0 bridgehead atoms. The molecule has 2 rings (SSSR count). The highest BCUT2D eigenvalue weighted by atomic mass is 16.2. The van der Waals surface area contributed by atoms with E-state index in [9.17, 15) is 4.79 Å². The summed E-state index contributed by atoms with van der Waals surface area (Å²) >= 11 is 0. The maximum atomic E-state index is 11.9. The molecule has 1 amide bonds. The second-order valence-corrected chi connectivity index (χ2v) is 4.26. The number of H-pyrrole nitrogens is 2. The molecule has 2 aromatic rings. The third-order valence-electron chi connectivity index (χ3n) is 2.44. The number of aromatic nitrogens is 6. The summed E-state index contributed by atoms with van der Waals surface area (Å²) < 4.78 is 0. The first-order valence-electron chi connectivity index (χ1n) is 5.66. The summed E-state index contributed by atoms with van der Waals surface area (Å²) in [5, 5.41) is 15.8. The van der Waals surface area contributed by atoms with E-state index in [4.69, 9.17) is 0 Å². The molecule has 0 spiro atoms. The average Bonchev–Trinajstić information content (AvgIpc) is 3.00. The van der Waals surface area contributed by atoms with Crippen LogP contribution >= 0.6 is 0 Å². The standard InChI is InChI=1S/C10H15N7O/c1-5(2)7-14-9(17-16-7)10(18)13-6(3)8-11-4-12-15-8/h4-6H,1-3H3,(H,13,18)(H,11,12,15)(H,14,16,17). The van der Waals surface area contributed by atoms with Gasteiger partial charge in [-0.15, -0.1) is 5.10 Å².